The molecule has 0 fully saturated rings. The minimum atomic E-state index is -0.138. The molecule has 0 aromatic heterocycles. The number of urea groups is 1. The topological polar surface area (TPSA) is 53.2 Å². The predicted octanol–water partition coefficient (Wildman–Crippen LogP) is 3.91. The molecule has 0 radical (unpaired) electrons. The lowest BCUT2D eigenvalue weighted by molar-refractivity contribution is 0.248. The maximum absolute atomic E-state index is 11.9. The van der Waals surface area contributed by atoms with Gasteiger partial charge in [0, 0.05) is 17.8 Å². The average molecular weight is 291 g/mol. The van der Waals surface area contributed by atoms with Crippen LogP contribution in [0.25, 0.3) is 0 Å². The molecule has 2 unspecified atom stereocenters. The van der Waals surface area contributed by atoms with E-state index in [1.54, 1.807) is 0 Å². The number of amides is 2. The Balaban J connectivity index is 2.44. The van der Waals surface area contributed by atoms with Crippen molar-refractivity contribution in [1.82, 2.24) is 10.6 Å². The number of carbonyl (C=O) groups excluding carboxylic acids is 1. The molecule has 4 nitrogen and oxygen atoms in total. The molecule has 2 atom stereocenters. The molecule has 1 rings (SSSR count). The minimum absolute atomic E-state index is 0.138. The van der Waals surface area contributed by atoms with Crippen molar-refractivity contribution < 1.29 is 4.79 Å². The van der Waals surface area contributed by atoms with Crippen LogP contribution in [-0.2, 0) is 0 Å². The van der Waals surface area contributed by atoms with Crippen LogP contribution in [0.5, 0.6) is 0 Å². The first-order valence-electron chi connectivity index (χ1n) is 7.77. The molecular formula is C17H29N3O. The molecule has 0 aliphatic rings. The molecule has 0 aliphatic carbocycles. The molecule has 3 N–H and O–H groups in total. The fraction of sp³-hybridized carbons (Fsp3) is 0.588. The van der Waals surface area contributed by atoms with Gasteiger partial charge in [0.25, 0.3) is 0 Å². The quantitative estimate of drug-likeness (QED) is 0.713. The molecule has 0 saturated heterocycles. The molecule has 0 bridgehead atoms. The molecule has 0 heterocycles. The van der Waals surface area contributed by atoms with Crippen molar-refractivity contribution in [2.24, 2.45) is 5.92 Å². The van der Waals surface area contributed by atoms with E-state index >= 15 is 0 Å². The molecular weight excluding hydrogens is 262 g/mol. The van der Waals surface area contributed by atoms with Gasteiger partial charge in [-0.15, -0.1) is 0 Å². The van der Waals surface area contributed by atoms with Crippen molar-refractivity contribution in [2.75, 3.05) is 12.4 Å². The van der Waals surface area contributed by atoms with Crippen molar-refractivity contribution in [2.45, 2.75) is 52.6 Å². The summed E-state index contributed by atoms with van der Waals surface area (Å²) in [6.45, 7) is 8.53. The van der Waals surface area contributed by atoms with Crippen LogP contribution in [0.2, 0.25) is 0 Å². The Hall–Kier alpha value is -1.55. The lowest BCUT2D eigenvalue weighted by Gasteiger charge is -2.16. The highest BCUT2D eigenvalue weighted by atomic mass is 16.2. The van der Waals surface area contributed by atoms with Crippen LogP contribution >= 0.6 is 0 Å². The smallest absolute Gasteiger partial charge is 0.319 e. The summed E-state index contributed by atoms with van der Waals surface area (Å²) < 4.78 is 0. The van der Waals surface area contributed by atoms with Gasteiger partial charge in [0.2, 0.25) is 0 Å². The Morgan fingerprint density at radius 2 is 1.67 bits per heavy atom. The van der Waals surface area contributed by atoms with E-state index in [2.05, 4.69) is 36.7 Å². The Morgan fingerprint density at radius 3 is 2.19 bits per heavy atom. The minimum Gasteiger partial charge on any atom is -0.335 e. The summed E-state index contributed by atoms with van der Waals surface area (Å²) in [5.41, 5.74) is 2.02. The number of benzene rings is 1. The highest BCUT2D eigenvalue weighted by Gasteiger charge is 2.08. The van der Waals surface area contributed by atoms with E-state index < -0.39 is 0 Å². The lowest BCUT2D eigenvalue weighted by atomic mass is 10.0. The third kappa shape index (κ3) is 6.63. The standard InChI is InChI=1S/C17H29N3O/c1-12(2)6-7-13(3)19-17(21)20-16-10-8-15(9-11-16)14(4)18-5/h8-14,18H,6-7H2,1-5H3,(H2,19,20,21). The summed E-state index contributed by atoms with van der Waals surface area (Å²) in [4.78, 5) is 11.9. The van der Waals surface area contributed by atoms with E-state index in [-0.39, 0.29) is 12.1 Å². The largest absolute Gasteiger partial charge is 0.335 e. The normalized spacial score (nSPS) is 13.8. The van der Waals surface area contributed by atoms with Crippen molar-refractivity contribution in [3.05, 3.63) is 29.8 Å². The molecule has 1 aromatic carbocycles. The Morgan fingerprint density at radius 1 is 1.05 bits per heavy atom. The summed E-state index contributed by atoms with van der Waals surface area (Å²) in [6.07, 6.45) is 2.13. The number of hydrogen-bond acceptors (Lipinski definition) is 2. The molecule has 0 saturated carbocycles. The van der Waals surface area contributed by atoms with Crippen LogP contribution in [-0.4, -0.2) is 19.1 Å². The van der Waals surface area contributed by atoms with Gasteiger partial charge in [-0.3, -0.25) is 0 Å². The van der Waals surface area contributed by atoms with E-state index in [1.165, 1.54) is 5.56 Å². The maximum Gasteiger partial charge on any atom is 0.319 e. The Bertz CT molecular complexity index is 428. The molecule has 21 heavy (non-hydrogen) atoms. The second-order valence-electron chi connectivity index (χ2n) is 6.10. The van der Waals surface area contributed by atoms with Crippen molar-refractivity contribution >= 4 is 11.7 Å². The van der Waals surface area contributed by atoms with Gasteiger partial charge >= 0.3 is 6.03 Å². The van der Waals surface area contributed by atoms with Gasteiger partial charge < -0.3 is 16.0 Å². The first-order chi connectivity index (χ1) is 9.92. The van der Waals surface area contributed by atoms with Gasteiger partial charge in [0.15, 0.2) is 0 Å². The second kappa shape index (κ2) is 8.67. The fourth-order valence-corrected chi connectivity index (χ4v) is 2.07. The highest BCUT2D eigenvalue weighted by Crippen LogP contribution is 2.15. The highest BCUT2D eigenvalue weighted by molar-refractivity contribution is 5.89. The number of rotatable bonds is 7. The molecule has 0 aliphatic heterocycles. The number of nitrogens with one attached hydrogen (secondary N) is 3. The average Bonchev–Trinajstić information content (AvgIpc) is 2.45. The van der Waals surface area contributed by atoms with Crippen LogP contribution in [0.1, 0.15) is 52.1 Å². The Kier molecular flexibility index (Phi) is 7.23. The van der Waals surface area contributed by atoms with Gasteiger partial charge in [0.1, 0.15) is 0 Å². The number of anilines is 1. The van der Waals surface area contributed by atoms with Crippen LogP contribution in [0.3, 0.4) is 0 Å². The third-order valence-electron chi connectivity index (χ3n) is 3.66. The van der Waals surface area contributed by atoms with Crippen LogP contribution < -0.4 is 16.0 Å². The summed E-state index contributed by atoms with van der Waals surface area (Å²) in [5.74, 6) is 0.666. The van der Waals surface area contributed by atoms with Crippen molar-refractivity contribution in [1.29, 1.82) is 0 Å². The first kappa shape index (κ1) is 17.5. The summed E-state index contributed by atoms with van der Waals surface area (Å²) in [7, 11) is 1.93. The zero-order valence-corrected chi connectivity index (χ0v) is 13.9. The zero-order valence-electron chi connectivity index (χ0n) is 13.9. The summed E-state index contributed by atoms with van der Waals surface area (Å²) in [5, 5.41) is 9.03. The molecule has 2 amide bonds. The zero-order chi connectivity index (χ0) is 15.8. The predicted molar refractivity (Wildman–Crippen MR) is 89.6 cm³/mol. The molecule has 0 spiro atoms. The van der Waals surface area contributed by atoms with Crippen LogP contribution in [0.4, 0.5) is 10.5 Å². The van der Waals surface area contributed by atoms with Crippen LogP contribution in [0, 0.1) is 5.92 Å². The van der Waals surface area contributed by atoms with E-state index in [4.69, 9.17) is 0 Å². The van der Waals surface area contributed by atoms with Gasteiger partial charge in [0.05, 0.1) is 0 Å². The van der Waals surface area contributed by atoms with Gasteiger partial charge in [-0.2, -0.15) is 0 Å². The first-order valence-corrected chi connectivity index (χ1v) is 7.77. The van der Waals surface area contributed by atoms with Crippen molar-refractivity contribution in [3.8, 4) is 0 Å². The summed E-state index contributed by atoms with van der Waals surface area (Å²) >= 11 is 0. The van der Waals surface area contributed by atoms with E-state index in [0.717, 1.165) is 18.5 Å². The van der Waals surface area contributed by atoms with Gasteiger partial charge in [-0.1, -0.05) is 26.0 Å². The third-order valence-corrected chi connectivity index (χ3v) is 3.66. The number of carbonyl (C=O) groups is 1. The second-order valence-corrected chi connectivity index (χ2v) is 6.10. The Labute approximate surface area is 128 Å². The van der Waals surface area contributed by atoms with E-state index in [9.17, 15) is 4.79 Å². The lowest BCUT2D eigenvalue weighted by Crippen LogP contribution is -2.36. The van der Waals surface area contributed by atoms with E-state index in [0.29, 0.717) is 12.0 Å². The fourth-order valence-electron chi connectivity index (χ4n) is 2.07. The summed E-state index contributed by atoms with van der Waals surface area (Å²) in [6, 6.07) is 8.28. The molecule has 118 valence electrons. The van der Waals surface area contributed by atoms with E-state index in [1.807, 2.05) is 38.2 Å². The van der Waals surface area contributed by atoms with Crippen LogP contribution in [0.15, 0.2) is 24.3 Å². The molecule has 1 aromatic rings. The monoisotopic (exact) mass is 291 g/mol. The molecule has 4 heteroatoms. The maximum atomic E-state index is 11.9. The van der Waals surface area contributed by atoms with Gasteiger partial charge in [-0.05, 0) is 57.4 Å². The van der Waals surface area contributed by atoms with Crippen molar-refractivity contribution in [3.63, 3.8) is 0 Å². The van der Waals surface area contributed by atoms with Gasteiger partial charge in [-0.25, -0.2) is 4.79 Å². The SMILES string of the molecule is CNC(C)c1ccc(NC(=O)NC(C)CCC(C)C)cc1. The number of hydrogen-bond donors (Lipinski definition) is 3.